The molecular formula is C49H78O18. The van der Waals surface area contributed by atoms with Crippen molar-refractivity contribution in [1.82, 2.24) is 0 Å². The van der Waals surface area contributed by atoms with Crippen LogP contribution in [0.1, 0.15) is 113 Å². The Bertz CT molecular complexity index is 1880. The van der Waals surface area contributed by atoms with Crippen LogP contribution in [0.25, 0.3) is 0 Å². The SMILES string of the molecule is COC(=O)[C@H]1O[C@@H](O[C@H]2CC[C@@]3(C)[C@@H](CC[C@]4(C)[C@@H]3C(=O)C=C3[C@@H]5CC(C)(C)CC[C@]5(C)CC[C@]34C)[C@@]2(C)CO)[C@H](O[C@@H]2O[C@H](CO)[C@@H](O)[C@H](O)[C@H]2O[C@@H]2O[C@@H](C)[C@H](O)[C@@H](O)[C@H]2O)[C@@H](O)[C@@H]1O. The van der Waals surface area contributed by atoms with Gasteiger partial charge in [0.2, 0.25) is 0 Å². The van der Waals surface area contributed by atoms with E-state index in [2.05, 4.69) is 41.5 Å². The third-order valence-electron chi connectivity index (χ3n) is 19.4. The summed E-state index contributed by atoms with van der Waals surface area (Å²) in [4.78, 5) is 28.1. The largest absolute Gasteiger partial charge is 0.467 e. The number of ketones is 1. The Kier molecular flexibility index (Phi) is 13.9. The minimum absolute atomic E-state index is 0.139. The number of carbonyl (C=O) groups is 2. The first-order valence-electron chi connectivity index (χ1n) is 24.5. The van der Waals surface area contributed by atoms with Crippen LogP contribution >= 0.6 is 0 Å². The van der Waals surface area contributed by atoms with Gasteiger partial charge in [-0.15, -0.1) is 0 Å². The summed E-state index contributed by atoms with van der Waals surface area (Å²) in [6, 6.07) is 0. The maximum Gasteiger partial charge on any atom is 0.337 e. The average molecular weight is 955 g/mol. The number of rotatable bonds is 9. The molecule has 0 aromatic rings. The quantitative estimate of drug-likeness (QED) is 0.115. The Balaban J connectivity index is 1.10. The lowest BCUT2D eigenvalue weighted by Crippen LogP contribution is -2.69. The Hall–Kier alpha value is -1.72. The van der Waals surface area contributed by atoms with Gasteiger partial charge in [0, 0.05) is 11.3 Å². The van der Waals surface area contributed by atoms with Gasteiger partial charge in [-0.05, 0) is 110 Å². The molecule has 0 bridgehead atoms. The Morgan fingerprint density at radius 1 is 0.701 bits per heavy atom. The summed E-state index contributed by atoms with van der Waals surface area (Å²) >= 11 is 0. The molecule has 3 heterocycles. The van der Waals surface area contributed by atoms with Crippen molar-refractivity contribution in [1.29, 1.82) is 0 Å². The lowest BCUT2D eigenvalue weighted by molar-refractivity contribution is -0.396. The monoisotopic (exact) mass is 955 g/mol. The van der Waals surface area contributed by atoms with Crippen LogP contribution in [0.3, 0.4) is 0 Å². The van der Waals surface area contributed by atoms with Crippen LogP contribution in [0.15, 0.2) is 11.6 Å². The second-order valence-electron chi connectivity index (χ2n) is 23.7. The summed E-state index contributed by atoms with van der Waals surface area (Å²) in [6.07, 6.45) is -16.9. The average Bonchev–Trinajstić information content (AvgIpc) is 3.28. The van der Waals surface area contributed by atoms with Gasteiger partial charge in [-0.3, -0.25) is 4.79 Å². The van der Waals surface area contributed by atoms with Gasteiger partial charge < -0.3 is 79.1 Å². The van der Waals surface area contributed by atoms with E-state index < -0.39 is 122 Å². The van der Waals surface area contributed by atoms with E-state index in [0.29, 0.717) is 25.2 Å². The second-order valence-corrected chi connectivity index (χ2v) is 23.7. The standard InChI is InChI=1S/C49H78O18/c1-22-29(53)31(55)35(59)41(62-22)66-37-32(56)30(54)26(20-50)63-42(37)67-38-34(58)33(57)36(40(60)61-9)65-43(38)64-28-11-12-46(5)27(47(28,6)21-51)10-13-49(8)39(46)25(52)18-23-24-19-44(2,3)14-15-45(24,4)16-17-48(23,49)7/h18,22,24,26-39,41-43,50-51,53-59H,10-17,19-21H2,1-9H3/t22-,24-,26+,27+,28-,29-,30+,31+,32-,33-,34-,35+,36-,37+,38+,39+,41-,42-,43+,45+,46-,47+,48+,49+/m0/s1. The molecule has 4 saturated carbocycles. The predicted molar refractivity (Wildman–Crippen MR) is 234 cm³/mol. The number of methoxy groups -OCH3 is 1. The topological polar surface area (TPSA) is 281 Å². The van der Waals surface area contributed by atoms with Crippen molar-refractivity contribution in [2.24, 2.45) is 50.2 Å². The van der Waals surface area contributed by atoms with Crippen molar-refractivity contribution in [2.75, 3.05) is 20.3 Å². The van der Waals surface area contributed by atoms with Crippen molar-refractivity contribution < 1.29 is 88.7 Å². The number of carbonyl (C=O) groups excluding carboxylic acids is 2. The molecule has 0 amide bonds. The zero-order valence-corrected chi connectivity index (χ0v) is 40.5. The molecule has 8 aliphatic rings. The minimum Gasteiger partial charge on any atom is -0.467 e. The molecule has 7 fully saturated rings. The van der Waals surface area contributed by atoms with E-state index in [1.165, 1.54) is 18.9 Å². The highest BCUT2D eigenvalue weighted by atomic mass is 16.8. The molecule has 67 heavy (non-hydrogen) atoms. The number of esters is 1. The van der Waals surface area contributed by atoms with Crippen molar-refractivity contribution in [2.45, 2.75) is 211 Å². The van der Waals surface area contributed by atoms with Crippen LogP contribution in [-0.2, 0) is 42.7 Å². The fourth-order valence-electron chi connectivity index (χ4n) is 14.9. The maximum absolute atomic E-state index is 15.0. The van der Waals surface area contributed by atoms with E-state index in [1.54, 1.807) is 0 Å². The summed E-state index contributed by atoms with van der Waals surface area (Å²) in [5.41, 5.74) is -0.521. The van der Waals surface area contributed by atoms with Crippen LogP contribution < -0.4 is 0 Å². The molecule has 8 rings (SSSR count). The van der Waals surface area contributed by atoms with Gasteiger partial charge in [-0.2, -0.15) is 0 Å². The van der Waals surface area contributed by atoms with Crippen LogP contribution in [0.5, 0.6) is 0 Å². The number of ether oxygens (including phenoxy) is 7. The van der Waals surface area contributed by atoms with Crippen LogP contribution in [-0.4, -0.2) is 176 Å². The van der Waals surface area contributed by atoms with Gasteiger partial charge in [0.25, 0.3) is 0 Å². The van der Waals surface area contributed by atoms with E-state index in [4.69, 9.17) is 33.2 Å². The number of aliphatic hydroxyl groups excluding tert-OH is 9. The molecule has 3 aliphatic heterocycles. The molecule has 5 aliphatic carbocycles. The Morgan fingerprint density at radius 3 is 1.97 bits per heavy atom. The number of fused-ring (bicyclic) bond motifs is 7. The van der Waals surface area contributed by atoms with Crippen LogP contribution in [0.2, 0.25) is 0 Å². The molecule has 0 unspecified atom stereocenters. The maximum atomic E-state index is 15.0. The molecule has 9 N–H and O–H groups in total. The van der Waals surface area contributed by atoms with Gasteiger partial charge in [0.15, 0.2) is 30.8 Å². The minimum atomic E-state index is -1.98. The smallest absolute Gasteiger partial charge is 0.337 e. The molecule has 0 spiro atoms. The van der Waals surface area contributed by atoms with Gasteiger partial charge in [0.1, 0.15) is 61.0 Å². The highest BCUT2D eigenvalue weighted by Gasteiger charge is 2.71. The lowest BCUT2D eigenvalue weighted by atomic mass is 9.33. The fourth-order valence-corrected chi connectivity index (χ4v) is 14.9. The Labute approximate surface area is 393 Å². The summed E-state index contributed by atoms with van der Waals surface area (Å²) in [5.74, 6) is -1.16. The molecule has 18 heteroatoms. The summed E-state index contributed by atoms with van der Waals surface area (Å²) in [6.45, 7) is 16.2. The highest BCUT2D eigenvalue weighted by molar-refractivity contribution is 5.95. The van der Waals surface area contributed by atoms with Crippen molar-refractivity contribution in [3.63, 3.8) is 0 Å². The first-order chi connectivity index (χ1) is 31.3. The fraction of sp³-hybridized carbons (Fsp3) is 0.918. The number of allylic oxidation sites excluding steroid dienone is 2. The highest BCUT2D eigenvalue weighted by Crippen LogP contribution is 2.75. The molecule has 0 aromatic carbocycles. The zero-order chi connectivity index (χ0) is 49.1. The van der Waals surface area contributed by atoms with Crippen molar-refractivity contribution in [3.8, 4) is 0 Å². The third-order valence-corrected chi connectivity index (χ3v) is 19.4. The molecule has 3 saturated heterocycles. The second kappa shape index (κ2) is 18.1. The normalized spacial score (nSPS) is 54.1. The van der Waals surface area contributed by atoms with E-state index in [-0.39, 0.29) is 45.9 Å². The summed E-state index contributed by atoms with van der Waals surface area (Å²) < 4.78 is 41.5. The number of hydrogen-bond acceptors (Lipinski definition) is 18. The van der Waals surface area contributed by atoms with Crippen molar-refractivity contribution >= 4 is 11.8 Å². The lowest BCUT2D eigenvalue weighted by Gasteiger charge is -2.70. The third kappa shape index (κ3) is 8.12. The molecule has 382 valence electrons. The number of aliphatic hydroxyl groups is 9. The summed E-state index contributed by atoms with van der Waals surface area (Å²) in [5, 5.41) is 98.6. The first-order valence-corrected chi connectivity index (χ1v) is 24.5. The molecule has 24 atom stereocenters. The summed E-state index contributed by atoms with van der Waals surface area (Å²) in [7, 11) is 1.08. The van der Waals surface area contributed by atoms with E-state index in [1.807, 2.05) is 13.0 Å². The van der Waals surface area contributed by atoms with Crippen molar-refractivity contribution in [3.05, 3.63) is 11.6 Å². The number of hydrogen-bond donors (Lipinski definition) is 9. The predicted octanol–water partition coefficient (Wildman–Crippen LogP) is 1.00. The zero-order valence-electron chi connectivity index (χ0n) is 40.5. The molecule has 0 aromatic heterocycles. The van der Waals surface area contributed by atoms with Gasteiger partial charge >= 0.3 is 5.97 Å². The molecular weight excluding hydrogens is 877 g/mol. The molecule has 0 radical (unpaired) electrons. The van der Waals surface area contributed by atoms with E-state index in [0.717, 1.165) is 39.2 Å². The van der Waals surface area contributed by atoms with Gasteiger partial charge in [-0.1, -0.05) is 54.0 Å². The van der Waals surface area contributed by atoms with Crippen LogP contribution in [0, 0.1) is 50.2 Å². The van der Waals surface area contributed by atoms with Crippen LogP contribution in [0.4, 0.5) is 0 Å². The van der Waals surface area contributed by atoms with E-state index >= 15 is 4.79 Å². The van der Waals surface area contributed by atoms with E-state index in [9.17, 15) is 50.8 Å². The van der Waals surface area contributed by atoms with Gasteiger partial charge in [0.05, 0.1) is 32.5 Å². The first kappa shape index (κ1) is 51.6. The van der Waals surface area contributed by atoms with Gasteiger partial charge in [-0.25, -0.2) is 4.79 Å². The Morgan fingerprint density at radius 2 is 1.33 bits per heavy atom. The molecule has 18 nitrogen and oxygen atoms in total.